The zero-order valence-corrected chi connectivity index (χ0v) is 14.6. The van der Waals surface area contributed by atoms with Gasteiger partial charge in [0.1, 0.15) is 12.2 Å². The van der Waals surface area contributed by atoms with Gasteiger partial charge in [0.25, 0.3) is 5.91 Å². The van der Waals surface area contributed by atoms with Gasteiger partial charge in [-0.15, -0.1) is 10.2 Å². The minimum atomic E-state index is -0.949. The number of aromatic nitrogens is 4. The molecule has 1 saturated heterocycles. The number of carbonyl (C=O) groups excluding carboxylic acids is 1. The second-order valence-corrected chi connectivity index (χ2v) is 6.73. The standard InChI is InChI=1S/C17H25N5O2/c1-4-14-13(6-9-20(14)2)16(23)22-8-5-7-17(24,11-22)10-15-19-18-12-21(15)3/h6,9,12,24H,4-5,7-8,10-11H2,1-3H3. The molecule has 0 spiro atoms. The molecule has 0 bridgehead atoms. The summed E-state index contributed by atoms with van der Waals surface area (Å²) in [5, 5.41) is 18.9. The summed E-state index contributed by atoms with van der Waals surface area (Å²) in [6.07, 6.45) is 6.21. The Balaban J connectivity index is 1.77. The van der Waals surface area contributed by atoms with Crippen LogP contribution in [0.1, 0.15) is 41.6 Å². The molecule has 0 saturated carbocycles. The van der Waals surface area contributed by atoms with E-state index in [-0.39, 0.29) is 5.91 Å². The first kappa shape index (κ1) is 16.7. The van der Waals surface area contributed by atoms with Crippen LogP contribution < -0.4 is 0 Å². The molecule has 1 unspecified atom stereocenters. The van der Waals surface area contributed by atoms with Gasteiger partial charge in [0.05, 0.1) is 17.7 Å². The van der Waals surface area contributed by atoms with Crippen molar-refractivity contribution in [3.05, 3.63) is 35.7 Å². The van der Waals surface area contributed by atoms with Crippen molar-refractivity contribution >= 4 is 5.91 Å². The second kappa shape index (κ2) is 6.39. The summed E-state index contributed by atoms with van der Waals surface area (Å²) >= 11 is 0. The third-order valence-corrected chi connectivity index (χ3v) is 4.90. The zero-order chi connectivity index (χ0) is 17.3. The maximum atomic E-state index is 12.9. The molecule has 1 atom stereocenters. The molecule has 7 nitrogen and oxygen atoms in total. The van der Waals surface area contributed by atoms with Crippen molar-refractivity contribution < 1.29 is 9.90 Å². The van der Waals surface area contributed by atoms with Crippen molar-refractivity contribution in [1.29, 1.82) is 0 Å². The molecule has 0 aromatic carbocycles. The number of amides is 1. The average molecular weight is 331 g/mol. The van der Waals surface area contributed by atoms with E-state index in [4.69, 9.17) is 0 Å². The van der Waals surface area contributed by atoms with E-state index < -0.39 is 5.60 Å². The average Bonchev–Trinajstić information content (AvgIpc) is 3.12. The van der Waals surface area contributed by atoms with Gasteiger partial charge in [-0.2, -0.15) is 0 Å². The van der Waals surface area contributed by atoms with Crippen LogP contribution in [0.4, 0.5) is 0 Å². The lowest BCUT2D eigenvalue weighted by Gasteiger charge is -2.39. The molecule has 3 rings (SSSR count). The fourth-order valence-corrected chi connectivity index (χ4v) is 3.56. The lowest BCUT2D eigenvalue weighted by molar-refractivity contribution is -0.0258. The Kier molecular flexibility index (Phi) is 4.45. The Hall–Kier alpha value is -2.15. The number of aryl methyl sites for hydroxylation is 2. The number of rotatable bonds is 4. The summed E-state index contributed by atoms with van der Waals surface area (Å²) in [6, 6.07) is 1.87. The fraction of sp³-hybridized carbons (Fsp3) is 0.588. The molecule has 3 heterocycles. The van der Waals surface area contributed by atoms with Crippen LogP contribution in [0.25, 0.3) is 0 Å². The Morgan fingerprint density at radius 1 is 1.38 bits per heavy atom. The van der Waals surface area contributed by atoms with Crippen LogP contribution in [0.5, 0.6) is 0 Å². The Morgan fingerprint density at radius 2 is 2.17 bits per heavy atom. The van der Waals surface area contributed by atoms with Crippen molar-refractivity contribution in [2.75, 3.05) is 13.1 Å². The van der Waals surface area contributed by atoms with E-state index in [1.165, 1.54) is 0 Å². The van der Waals surface area contributed by atoms with Gasteiger partial charge in [0.2, 0.25) is 0 Å². The first-order valence-electron chi connectivity index (χ1n) is 8.42. The van der Waals surface area contributed by atoms with Crippen LogP contribution in [-0.4, -0.2) is 53.9 Å². The largest absolute Gasteiger partial charge is 0.388 e. The van der Waals surface area contributed by atoms with Crippen molar-refractivity contribution in [2.24, 2.45) is 14.1 Å². The molecule has 130 valence electrons. The Morgan fingerprint density at radius 3 is 2.83 bits per heavy atom. The molecule has 1 aliphatic heterocycles. The molecule has 1 fully saturated rings. The summed E-state index contributed by atoms with van der Waals surface area (Å²) in [7, 11) is 3.82. The maximum Gasteiger partial charge on any atom is 0.255 e. The van der Waals surface area contributed by atoms with Crippen LogP contribution in [0.15, 0.2) is 18.6 Å². The van der Waals surface area contributed by atoms with Gasteiger partial charge < -0.3 is 19.1 Å². The van der Waals surface area contributed by atoms with Crippen LogP contribution in [0.3, 0.4) is 0 Å². The minimum Gasteiger partial charge on any atom is -0.388 e. The molecule has 2 aromatic rings. The number of hydrogen-bond donors (Lipinski definition) is 1. The molecule has 1 N–H and O–H groups in total. The van der Waals surface area contributed by atoms with Gasteiger partial charge >= 0.3 is 0 Å². The minimum absolute atomic E-state index is 0.00328. The van der Waals surface area contributed by atoms with E-state index >= 15 is 0 Å². The number of likely N-dealkylation sites (tertiary alicyclic amines) is 1. The van der Waals surface area contributed by atoms with Crippen LogP contribution >= 0.6 is 0 Å². The molecular formula is C17H25N5O2. The highest BCUT2D eigenvalue weighted by atomic mass is 16.3. The summed E-state index contributed by atoms with van der Waals surface area (Å²) in [5.74, 6) is 0.740. The molecular weight excluding hydrogens is 306 g/mol. The monoisotopic (exact) mass is 331 g/mol. The quantitative estimate of drug-likeness (QED) is 0.904. The topological polar surface area (TPSA) is 76.2 Å². The molecule has 7 heteroatoms. The van der Waals surface area contributed by atoms with Gasteiger partial charge in [-0.1, -0.05) is 6.92 Å². The normalized spacial score (nSPS) is 21.2. The number of hydrogen-bond acceptors (Lipinski definition) is 4. The molecule has 2 aromatic heterocycles. The predicted molar refractivity (Wildman–Crippen MR) is 89.6 cm³/mol. The van der Waals surface area contributed by atoms with E-state index in [0.29, 0.717) is 25.9 Å². The molecule has 1 amide bonds. The molecule has 24 heavy (non-hydrogen) atoms. The van der Waals surface area contributed by atoms with Gasteiger partial charge in [-0.25, -0.2) is 0 Å². The summed E-state index contributed by atoms with van der Waals surface area (Å²) in [6.45, 7) is 3.06. The van der Waals surface area contributed by atoms with Crippen LogP contribution in [0.2, 0.25) is 0 Å². The number of aliphatic hydroxyl groups is 1. The molecule has 0 radical (unpaired) electrons. The summed E-state index contributed by atoms with van der Waals surface area (Å²) in [5.41, 5.74) is 0.820. The van der Waals surface area contributed by atoms with Crippen molar-refractivity contribution in [1.82, 2.24) is 24.2 Å². The Bertz CT molecular complexity index is 735. The number of carbonyl (C=O) groups is 1. The SMILES string of the molecule is CCc1c(C(=O)N2CCCC(O)(Cc3nncn3C)C2)ccn1C. The highest BCUT2D eigenvalue weighted by Crippen LogP contribution is 2.26. The number of β-amino-alcohol motifs (C(OH)–C–C–N with tert-alkyl or cyclic N) is 1. The van der Waals surface area contributed by atoms with Crippen LogP contribution in [0, 0.1) is 0 Å². The lowest BCUT2D eigenvalue weighted by atomic mass is 9.89. The highest BCUT2D eigenvalue weighted by Gasteiger charge is 2.37. The highest BCUT2D eigenvalue weighted by molar-refractivity contribution is 5.95. The van der Waals surface area contributed by atoms with Crippen molar-refractivity contribution in [3.8, 4) is 0 Å². The maximum absolute atomic E-state index is 12.9. The predicted octanol–water partition coefficient (Wildman–Crippen LogP) is 0.926. The first-order chi connectivity index (χ1) is 11.4. The third-order valence-electron chi connectivity index (χ3n) is 4.90. The van der Waals surface area contributed by atoms with Gasteiger partial charge in [-0.3, -0.25) is 4.79 Å². The summed E-state index contributed by atoms with van der Waals surface area (Å²) < 4.78 is 3.80. The van der Waals surface area contributed by atoms with Crippen molar-refractivity contribution in [3.63, 3.8) is 0 Å². The first-order valence-corrected chi connectivity index (χ1v) is 8.42. The fourth-order valence-electron chi connectivity index (χ4n) is 3.56. The summed E-state index contributed by atoms with van der Waals surface area (Å²) in [4.78, 5) is 14.7. The van der Waals surface area contributed by atoms with E-state index in [9.17, 15) is 9.90 Å². The second-order valence-electron chi connectivity index (χ2n) is 6.73. The number of piperidine rings is 1. The molecule has 1 aliphatic rings. The Labute approximate surface area is 141 Å². The zero-order valence-electron chi connectivity index (χ0n) is 14.6. The van der Waals surface area contributed by atoms with E-state index in [0.717, 1.165) is 29.9 Å². The van der Waals surface area contributed by atoms with E-state index in [2.05, 4.69) is 10.2 Å². The molecule has 0 aliphatic carbocycles. The van der Waals surface area contributed by atoms with Crippen LogP contribution in [-0.2, 0) is 26.9 Å². The van der Waals surface area contributed by atoms with E-state index in [1.54, 1.807) is 11.2 Å². The lowest BCUT2D eigenvalue weighted by Crippen LogP contribution is -2.51. The third kappa shape index (κ3) is 3.08. The smallest absolute Gasteiger partial charge is 0.255 e. The van der Waals surface area contributed by atoms with E-state index in [1.807, 2.05) is 42.4 Å². The van der Waals surface area contributed by atoms with Crippen molar-refractivity contribution in [2.45, 2.75) is 38.2 Å². The van der Waals surface area contributed by atoms with Gasteiger partial charge in [-0.05, 0) is 25.3 Å². The van der Waals surface area contributed by atoms with Gasteiger partial charge in [0.15, 0.2) is 0 Å². The number of nitrogens with zero attached hydrogens (tertiary/aromatic N) is 5. The van der Waals surface area contributed by atoms with Gasteiger partial charge in [0, 0.05) is 39.0 Å².